The van der Waals surface area contributed by atoms with Crippen molar-refractivity contribution in [2.75, 3.05) is 85.7 Å². The highest BCUT2D eigenvalue weighted by Gasteiger charge is 2.25. The van der Waals surface area contributed by atoms with Gasteiger partial charge in [-0.25, -0.2) is 31.8 Å². The molecule has 2 aliphatic heterocycles. The number of ether oxygens (including phenoxy) is 2. The second kappa shape index (κ2) is 26.6. The van der Waals surface area contributed by atoms with E-state index in [-0.39, 0.29) is 32.5 Å². The molecule has 19 heteroatoms. The number of nitrogens with two attached hydrogens (primary N) is 1. The Labute approximate surface area is 450 Å². The van der Waals surface area contributed by atoms with Crippen LogP contribution in [-0.4, -0.2) is 111 Å². The number of anilines is 7. The van der Waals surface area contributed by atoms with E-state index in [2.05, 4.69) is 45.7 Å². The Morgan fingerprint density at radius 1 is 0.573 bits per heavy atom. The quantitative estimate of drug-likeness (QED) is 0.0466. The third kappa shape index (κ3) is 19.9. The van der Waals surface area contributed by atoms with Crippen molar-refractivity contribution in [2.45, 2.75) is 90.9 Å². The van der Waals surface area contributed by atoms with E-state index in [1.807, 2.05) is 110 Å². The Balaban J connectivity index is 0.000000204. The number of aromatic nitrogens is 4. The van der Waals surface area contributed by atoms with Gasteiger partial charge in [0.15, 0.2) is 19.7 Å². The molecule has 8 rings (SSSR count). The van der Waals surface area contributed by atoms with Gasteiger partial charge < -0.3 is 31.2 Å². The largest absolute Gasteiger partial charge is 0.492 e. The highest BCUT2D eigenvalue weighted by molar-refractivity contribution is 7.91. The number of nitrogens with one attached hydrogen (secondary N) is 3. The number of sulfone groups is 2. The lowest BCUT2D eigenvalue weighted by Crippen LogP contribution is -2.25. The van der Waals surface area contributed by atoms with Crippen LogP contribution in [0.25, 0.3) is 0 Å². The molecule has 16 nitrogen and oxygen atoms in total. The van der Waals surface area contributed by atoms with Gasteiger partial charge in [-0.05, 0) is 173 Å². The zero-order chi connectivity index (χ0) is 54.2. The highest BCUT2D eigenvalue weighted by atomic mass is 35.5. The van der Waals surface area contributed by atoms with Gasteiger partial charge in [0, 0.05) is 59.4 Å². The first kappa shape index (κ1) is 58.2. The molecule has 0 saturated carbocycles. The predicted molar refractivity (Wildman–Crippen MR) is 304 cm³/mol. The molecular weight excluding hydrogens is 1010 g/mol. The summed E-state index contributed by atoms with van der Waals surface area (Å²) in [6, 6.07) is 28.8. The minimum Gasteiger partial charge on any atom is -0.492 e. The van der Waals surface area contributed by atoms with Crippen molar-refractivity contribution in [3.8, 4) is 11.5 Å². The van der Waals surface area contributed by atoms with Gasteiger partial charge in [-0.2, -0.15) is 4.98 Å². The monoisotopic (exact) mass is 1080 g/mol. The van der Waals surface area contributed by atoms with E-state index in [9.17, 15) is 16.8 Å². The summed E-state index contributed by atoms with van der Waals surface area (Å²) in [5.41, 5.74) is 9.53. The van der Waals surface area contributed by atoms with Crippen LogP contribution < -0.4 is 31.2 Å². The SMILES string of the molecule is Cc1cnc(Cl)nc1Nc1cccc(S(=O)(=O)CC(C)(C)C)c1.Cc1cnc(Nc2ccc(OCCN3CCCC3)cc2)nc1Nc1cccc(S(=O)(=O)CC(C)(C)C)c1.Nc1ccc(OCCN2CCCC2)cc1. The van der Waals surface area contributed by atoms with Gasteiger partial charge in [-0.3, -0.25) is 9.80 Å². The standard InChI is InChI=1S/C28H37N5O3S.C16H20ClN3O2S.C12H18N2O/c1-21-19-29-27(31-22-10-12-24(13-11-22)36-17-16-33-14-5-6-15-33)32-26(21)30-23-8-7-9-25(18-23)37(34,35)20-28(2,3)4;1-11-9-18-15(17)20-14(11)19-12-6-5-7-13(8-12)23(21,22)10-16(2,3)4;13-11-3-5-12(6-4-11)15-10-9-14-7-1-2-8-14/h7-13,18-19H,5-6,14-17,20H2,1-4H3,(H2,29,30,31,32);5-9H,10H2,1-4H3,(H,18,19,20);3-6H,1-2,7-10,13H2. The third-order valence-corrected chi connectivity index (χ3v) is 16.4. The van der Waals surface area contributed by atoms with Crippen LogP contribution in [0.4, 0.5) is 40.3 Å². The summed E-state index contributed by atoms with van der Waals surface area (Å²) in [6.07, 6.45) is 8.57. The predicted octanol–water partition coefficient (Wildman–Crippen LogP) is 11.3. The van der Waals surface area contributed by atoms with Crippen LogP contribution in [0, 0.1) is 24.7 Å². The van der Waals surface area contributed by atoms with E-state index in [0.717, 1.165) is 53.7 Å². The normalized spacial score (nSPS) is 14.3. The second-order valence-corrected chi connectivity index (χ2v) is 25.7. The van der Waals surface area contributed by atoms with E-state index in [1.54, 1.807) is 54.9 Å². The van der Waals surface area contributed by atoms with Gasteiger partial charge in [0.05, 0.1) is 21.3 Å². The summed E-state index contributed by atoms with van der Waals surface area (Å²) in [7, 11) is -6.75. The first-order valence-corrected chi connectivity index (χ1v) is 29.1. The van der Waals surface area contributed by atoms with E-state index in [4.69, 9.17) is 26.8 Å². The number of hydrogen-bond acceptors (Lipinski definition) is 16. The summed E-state index contributed by atoms with van der Waals surface area (Å²) < 4.78 is 62.2. The first-order chi connectivity index (χ1) is 35.5. The third-order valence-electron chi connectivity index (χ3n) is 11.8. The van der Waals surface area contributed by atoms with E-state index in [0.29, 0.717) is 40.5 Å². The van der Waals surface area contributed by atoms with Gasteiger partial charge in [-0.1, -0.05) is 53.7 Å². The summed E-state index contributed by atoms with van der Waals surface area (Å²) in [5.74, 6) is 3.49. The fourth-order valence-corrected chi connectivity index (χ4v) is 12.1. The molecule has 0 spiro atoms. The molecule has 404 valence electrons. The molecule has 0 atom stereocenters. The fourth-order valence-electron chi connectivity index (χ4n) is 8.22. The van der Waals surface area contributed by atoms with Crippen molar-refractivity contribution < 1.29 is 26.3 Å². The molecule has 2 saturated heterocycles. The lowest BCUT2D eigenvalue weighted by Gasteiger charge is -2.18. The average Bonchev–Trinajstić information content (AvgIpc) is 4.07. The van der Waals surface area contributed by atoms with Crippen molar-refractivity contribution in [1.29, 1.82) is 0 Å². The Kier molecular flexibility index (Phi) is 20.7. The van der Waals surface area contributed by atoms with Gasteiger partial charge in [0.2, 0.25) is 11.2 Å². The number of aryl methyl sites for hydroxylation is 2. The molecule has 0 bridgehead atoms. The maximum atomic E-state index is 12.8. The van der Waals surface area contributed by atoms with E-state index < -0.39 is 19.7 Å². The molecule has 5 N–H and O–H groups in total. The molecule has 2 aliphatic rings. The molecule has 2 aromatic heterocycles. The Hall–Kier alpha value is -6.05. The Bertz CT molecular complexity index is 2990. The Morgan fingerprint density at radius 3 is 1.45 bits per heavy atom. The molecule has 4 heterocycles. The number of likely N-dealkylation sites (tertiary alicyclic amines) is 2. The van der Waals surface area contributed by atoms with E-state index in [1.165, 1.54) is 51.9 Å². The second-order valence-electron chi connectivity index (χ2n) is 21.4. The molecule has 4 aromatic carbocycles. The zero-order valence-corrected chi connectivity index (χ0v) is 47.1. The summed E-state index contributed by atoms with van der Waals surface area (Å²) in [4.78, 5) is 22.5. The lowest BCUT2D eigenvalue weighted by atomic mass is 10.0. The van der Waals surface area contributed by atoms with Gasteiger partial charge in [-0.15, -0.1) is 0 Å². The first-order valence-electron chi connectivity index (χ1n) is 25.4. The van der Waals surface area contributed by atoms with E-state index >= 15 is 0 Å². The maximum Gasteiger partial charge on any atom is 0.229 e. The summed E-state index contributed by atoms with van der Waals surface area (Å²) in [6.45, 7) is 23.4. The van der Waals surface area contributed by atoms with Crippen LogP contribution >= 0.6 is 11.6 Å². The van der Waals surface area contributed by atoms with Crippen molar-refractivity contribution in [1.82, 2.24) is 29.7 Å². The molecule has 0 radical (unpaired) electrons. The number of benzene rings is 4. The van der Waals surface area contributed by atoms with Gasteiger partial charge in [0.25, 0.3) is 0 Å². The summed E-state index contributed by atoms with van der Waals surface area (Å²) in [5, 5.41) is 9.70. The molecule has 75 heavy (non-hydrogen) atoms. The minimum atomic E-state index is -3.40. The topological polar surface area (TPSA) is 207 Å². The molecular formula is C56H75ClN10O6S2. The highest BCUT2D eigenvalue weighted by Crippen LogP contribution is 2.29. The Morgan fingerprint density at radius 2 is 1.00 bits per heavy atom. The molecule has 0 aliphatic carbocycles. The minimum absolute atomic E-state index is 0.0757. The lowest BCUT2D eigenvalue weighted by molar-refractivity contribution is 0.237. The smallest absolute Gasteiger partial charge is 0.229 e. The number of halogens is 1. The van der Waals surface area contributed by atoms with Gasteiger partial charge in [0.1, 0.15) is 36.3 Å². The van der Waals surface area contributed by atoms with Crippen LogP contribution in [0.2, 0.25) is 5.28 Å². The molecule has 0 unspecified atom stereocenters. The van der Waals surface area contributed by atoms with Crippen molar-refractivity contribution in [2.24, 2.45) is 10.8 Å². The zero-order valence-electron chi connectivity index (χ0n) is 44.7. The molecule has 0 amide bonds. The molecule has 6 aromatic rings. The molecule has 2 fully saturated rings. The van der Waals surface area contributed by atoms with Crippen molar-refractivity contribution in [3.63, 3.8) is 0 Å². The van der Waals surface area contributed by atoms with Gasteiger partial charge >= 0.3 is 0 Å². The number of nitrogen functional groups attached to an aromatic ring is 1. The average molecular weight is 1080 g/mol. The van der Waals surface area contributed by atoms with Crippen LogP contribution in [-0.2, 0) is 19.7 Å². The van der Waals surface area contributed by atoms with Crippen molar-refractivity contribution >= 4 is 71.6 Å². The number of hydrogen-bond donors (Lipinski definition) is 4. The maximum absolute atomic E-state index is 12.8. The van der Waals surface area contributed by atoms with Crippen LogP contribution in [0.1, 0.15) is 78.4 Å². The van der Waals surface area contributed by atoms with Crippen LogP contribution in [0.3, 0.4) is 0 Å². The number of rotatable bonds is 18. The number of nitrogens with zero attached hydrogens (tertiary/aromatic N) is 6. The van der Waals surface area contributed by atoms with Crippen molar-refractivity contribution in [3.05, 3.63) is 126 Å². The van der Waals surface area contributed by atoms with Crippen LogP contribution in [0.15, 0.2) is 119 Å². The fraction of sp³-hybridized carbons (Fsp3) is 0.429. The summed E-state index contributed by atoms with van der Waals surface area (Å²) >= 11 is 5.80. The van der Waals surface area contributed by atoms with Crippen LogP contribution in [0.5, 0.6) is 11.5 Å².